The van der Waals surface area contributed by atoms with Gasteiger partial charge in [0.2, 0.25) is 5.88 Å². The lowest BCUT2D eigenvalue weighted by Crippen LogP contribution is -2.51. The molecular formula is C23H25N3O3. The summed E-state index contributed by atoms with van der Waals surface area (Å²) in [4.78, 5) is 0. The lowest BCUT2D eigenvalue weighted by molar-refractivity contribution is 0.0881. The predicted molar refractivity (Wildman–Crippen MR) is 111 cm³/mol. The van der Waals surface area contributed by atoms with Gasteiger partial charge in [-0.15, -0.1) is 10.2 Å². The molecule has 2 aromatic carbocycles. The number of aromatic nitrogens is 2. The summed E-state index contributed by atoms with van der Waals surface area (Å²) in [5, 5.41) is 24.7. The van der Waals surface area contributed by atoms with Crippen molar-refractivity contribution >= 4 is 10.8 Å². The van der Waals surface area contributed by atoms with Gasteiger partial charge in [0, 0.05) is 23.7 Å². The molecule has 6 heteroatoms. The van der Waals surface area contributed by atoms with Crippen molar-refractivity contribution in [3.05, 3.63) is 42.5 Å². The van der Waals surface area contributed by atoms with Gasteiger partial charge in [-0.1, -0.05) is 12.5 Å². The number of nitrogens with one attached hydrogen (secondary N) is 1. The van der Waals surface area contributed by atoms with Gasteiger partial charge < -0.3 is 19.9 Å². The maximum absolute atomic E-state index is 10.5. The van der Waals surface area contributed by atoms with E-state index in [2.05, 4.69) is 15.5 Å². The Hall–Kier alpha value is -2.86. The van der Waals surface area contributed by atoms with Crippen LogP contribution in [0.4, 0.5) is 0 Å². The minimum absolute atomic E-state index is 0.167. The third kappa shape index (κ3) is 3.72. The highest BCUT2D eigenvalue weighted by molar-refractivity contribution is 5.90. The Morgan fingerprint density at radius 3 is 2.52 bits per heavy atom. The molecular weight excluding hydrogens is 366 g/mol. The predicted octanol–water partition coefficient (Wildman–Crippen LogP) is 4.06. The molecule has 3 heterocycles. The molecule has 0 amide bonds. The number of benzene rings is 2. The Balaban J connectivity index is 1.35. The molecule has 0 aliphatic carbocycles. The maximum atomic E-state index is 10.5. The second-order valence-electron chi connectivity index (χ2n) is 8.04. The van der Waals surface area contributed by atoms with Crippen molar-refractivity contribution in [1.82, 2.24) is 15.5 Å². The summed E-state index contributed by atoms with van der Waals surface area (Å²) in [6, 6.07) is 14.2. The number of methoxy groups -OCH3 is 1. The highest BCUT2D eigenvalue weighted by Crippen LogP contribution is 2.34. The number of nitrogens with zero attached hydrogens (tertiary/aromatic N) is 2. The number of hydrogen-bond donors (Lipinski definition) is 2. The molecule has 0 radical (unpaired) electrons. The smallest absolute Gasteiger partial charge is 0.233 e. The van der Waals surface area contributed by atoms with E-state index in [0.29, 0.717) is 29.2 Å². The molecule has 150 valence electrons. The summed E-state index contributed by atoms with van der Waals surface area (Å²) >= 11 is 0. The minimum atomic E-state index is 0.167. The van der Waals surface area contributed by atoms with Crippen LogP contribution < -0.4 is 14.8 Å². The second-order valence-corrected chi connectivity index (χ2v) is 8.04. The molecule has 2 saturated heterocycles. The first-order chi connectivity index (χ1) is 14.2. The Morgan fingerprint density at radius 1 is 0.966 bits per heavy atom. The van der Waals surface area contributed by atoms with Crippen molar-refractivity contribution in [3.8, 4) is 28.6 Å². The Bertz CT molecular complexity index is 1010. The fourth-order valence-electron chi connectivity index (χ4n) is 4.60. The topological polar surface area (TPSA) is 76.5 Å². The van der Waals surface area contributed by atoms with E-state index in [0.717, 1.165) is 29.4 Å². The number of piperidine rings is 2. The first-order valence-electron chi connectivity index (χ1n) is 10.3. The van der Waals surface area contributed by atoms with Crippen LogP contribution in [0.15, 0.2) is 42.5 Å². The highest BCUT2D eigenvalue weighted by Gasteiger charge is 2.32. The largest absolute Gasteiger partial charge is 0.507 e. The van der Waals surface area contributed by atoms with E-state index in [1.807, 2.05) is 36.4 Å². The van der Waals surface area contributed by atoms with Gasteiger partial charge in [-0.3, -0.25) is 0 Å². The Morgan fingerprint density at radius 2 is 1.79 bits per heavy atom. The van der Waals surface area contributed by atoms with E-state index in [9.17, 15) is 5.11 Å². The van der Waals surface area contributed by atoms with Crippen LogP contribution in [-0.2, 0) is 0 Å². The molecule has 1 aromatic heterocycles. The van der Waals surface area contributed by atoms with Gasteiger partial charge in [0.05, 0.1) is 12.8 Å². The first-order valence-corrected chi connectivity index (χ1v) is 10.3. The third-order valence-corrected chi connectivity index (χ3v) is 6.04. The number of fused-ring (bicyclic) bond motifs is 3. The van der Waals surface area contributed by atoms with E-state index in [1.54, 1.807) is 13.2 Å². The van der Waals surface area contributed by atoms with Crippen LogP contribution in [0.1, 0.15) is 32.1 Å². The SMILES string of the molecule is COc1ccc2cc(-c3ccc(O[C@@H]4C[C@H]5CCC[C@@H](C4)N5)nn3)c(O)cc2c1. The minimum Gasteiger partial charge on any atom is -0.507 e. The summed E-state index contributed by atoms with van der Waals surface area (Å²) in [6.45, 7) is 0. The van der Waals surface area contributed by atoms with E-state index in [4.69, 9.17) is 9.47 Å². The lowest BCUT2D eigenvalue weighted by Gasteiger charge is -2.39. The quantitative estimate of drug-likeness (QED) is 0.698. The number of hydrogen-bond acceptors (Lipinski definition) is 6. The van der Waals surface area contributed by atoms with Crippen LogP contribution in [0.25, 0.3) is 22.0 Å². The molecule has 6 nitrogen and oxygen atoms in total. The number of aromatic hydroxyl groups is 1. The van der Waals surface area contributed by atoms with Crippen molar-refractivity contribution in [2.45, 2.75) is 50.3 Å². The van der Waals surface area contributed by atoms with Gasteiger partial charge in [-0.25, -0.2) is 0 Å². The summed E-state index contributed by atoms with van der Waals surface area (Å²) in [7, 11) is 1.63. The van der Waals surface area contributed by atoms with Gasteiger partial charge in [0.25, 0.3) is 0 Å². The molecule has 0 unspecified atom stereocenters. The zero-order chi connectivity index (χ0) is 19.8. The molecule has 0 saturated carbocycles. The maximum Gasteiger partial charge on any atom is 0.233 e. The van der Waals surface area contributed by atoms with E-state index >= 15 is 0 Å². The van der Waals surface area contributed by atoms with Gasteiger partial charge in [0.1, 0.15) is 17.6 Å². The van der Waals surface area contributed by atoms with Gasteiger partial charge in [-0.05, 0) is 66.8 Å². The normalized spacial score (nSPS) is 23.7. The molecule has 2 N–H and O–H groups in total. The zero-order valence-corrected chi connectivity index (χ0v) is 16.5. The second kappa shape index (κ2) is 7.52. The molecule has 2 aliphatic rings. The summed E-state index contributed by atoms with van der Waals surface area (Å²) < 4.78 is 11.4. The fraction of sp³-hybridized carbons (Fsp3) is 0.391. The fourth-order valence-corrected chi connectivity index (χ4v) is 4.60. The number of rotatable bonds is 4. The summed E-state index contributed by atoms with van der Waals surface area (Å²) in [6.07, 6.45) is 6.01. The molecule has 3 aromatic rings. The molecule has 3 atom stereocenters. The third-order valence-electron chi connectivity index (χ3n) is 6.04. The summed E-state index contributed by atoms with van der Waals surface area (Å²) in [5.74, 6) is 1.47. The highest BCUT2D eigenvalue weighted by atomic mass is 16.5. The molecule has 0 spiro atoms. The average Bonchev–Trinajstić information content (AvgIpc) is 2.73. The summed E-state index contributed by atoms with van der Waals surface area (Å²) in [5.41, 5.74) is 1.27. The van der Waals surface area contributed by atoms with Crippen LogP contribution >= 0.6 is 0 Å². The van der Waals surface area contributed by atoms with Crippen molar-refractivity contribution in [2.24, 2.45) is 0 Å². The lowest BCUT2D eigenvalue weighted by atomic mass is 9.85. The van der Waals surface area contributed by atoms with Gasteiger partial charge >= 0.3 is 0 Å². The Kier molecular flexibility index (Phi) is 4.72. The standard InChI is InChI=1S/C23H25N3O3/c1-28-18-6-5-14-10-20(22(27)11-15(14)9-18)21-7-8-23(26-25-21)29-19-12-16-3-2-4-17(13-19)24-16/h5-11,16-17,19,24,27H,2-4,12-13H2,1H3/t16-,17+,19-. The molecule has 5 rings (SSSR count). The van der Waals surface area contributed by atoms with Gasteiger partial charge in [0.15, 0.2) is 0 Å². The van der Waals surface area contributed by atoms with Crippen LogP contribution in [0, 0.1) is 0 Å². The number of phenolic OH excluding ortho intramolecular Hbond substituents is 1. The van der Waals surface area contributed by atoms with Crippen molar-refractivity contribution in [2.75, 3.05) is 7.11 Å². The Labute approximate surface area is 169 Å². The van der Waals surface area contributed by atoms with Crippen LogP contribution in [0.5, 0.6) is 17.4 Å². The van der Waals surface area contributed by atoms with Crippen LogP contribution in [-0.4, -0.2) is 40.6 Å². The van der Waals surface area contributed by atoms with Crippen LogP contribution in [0.2, 0.25) is 0 Å². The van der Waals surface area contributed by atoms with E-state index < -0.39 is 0 Å². The number of phenols is 1. The first kappa shape index (κ1) is 18.2. The van der Waals surface area contributed by atoms with Crippen LogP contribution in [0.3, 0.4) is 0 Å². The average molecular weight is 391 g/mol. The van der Waals surface area contributed by atoms with E-state index in [-0.39, 0.29) is 11.9 Å². The molecule has 2 aliphatic heterocycles. The van der Waals surface area contributed by atoms with Crippen molar-refractivity contribution in [1.29, 1.82) is 0 Å². The monoisotopic (exact) mass is 391 g/mol. The number of ether oxygens (including phenoxy) is 2. The zero-order valence-electron chi connectivity index (χ0n) is 16.5. The van der Waals surface area contributed by atoms with E-state index in [1.165, 1.54) is 19.3 Å². The molecule has 2 fully saturated rings. The van der Waals surface area contributed by atoms with Gasteiger partial charge in [-0.2, -0.15) is 0 Å². The molecule has 2 bridgehead atoms. The molecule has 29 heavy (non-hydrogen) atoms. The van der Waals surface area contributed by atoms with Crippen molar-refractivity contribution < 1.29 is 14.6 Å². The van der Waals surface area contributed by atoms with Crippen molar-refractivity contribution in [3.63, 3.8) is 0 Å².